The second-order valence-electron chi connectivity index (χ2n) is 4.79. The van der Waals surface area contributed by atoms with Crippen LogP contribution < -0.4 is 10.1 Å². The Balaban J connectivity index is 1.94. The first kappa shape index (κ1) is 18.0. The molecule has 0 aliphatic carbocycles. The maximum atomic E-state index is 12.0. The molecular weight excluding hydrogens is 374 g/mol. The molecular formula is C18H18BrNO4. The minimum absolute atomic E-state index is 0.0429. The third-order valence-corrected chi connectivity index (χ3v) is 3.49. The van der Waals surface area contributed by atoms with Crippen LogP contribution in [0.3, 0.4) is 0 Å². The Hall–Kier alpha value is -2.31. The summed E-state index contributed by atoms with van der Waals surface area (Å²) in [6.07, 6.45) is 2.72. The number of hydrogen-bond acceptors (Lipinski definition) is 4. The highest BCUT2D eigenvalue weighted by atomic mass is 79.9. The third kappa shape index (κ3) is 6.06. The van der Waals surface area contributed by atoms with Gasteiger partial charge in [-0.25, -0.2) is 4.79 Å². The third-order valence-electron chi connectivity index (χ3n) is 3.00. The summed E-state index contributed by atoms with van der Waals surface area (Å²) < 4.78 is 11.6. The second-order valence-corrected chi connectivity index (χ2v) is 5.71. The van der Waals surface area contributed by atoms with Crippen LogP contribution in [0.5, 0.6) is 5.75 Å². The number of hydrogen-bond donors (Lipinski definition) is 2. The number of rotatable bonds is 7. The number of benzene rings is 2. The zero-order valence-electron chi connectivity index (χ0n) is 12.9. The molecule has 0 saturated heterocycles. The first-order valence-corrected chi connectivity index (χ1v) is 8.14. The van der Waals surface area contributed by atoms with Gasteiger partial charge in [-0.05, 0) is 29.8 Å². The smallest absolute Gasteiger partial charge is 0.412 e. The van der Waals surface area contributed by atoms with Crippen LogP contribution in [-0.2, 0) is 11.3 Å². The van der Waals surface area contributed by atoms with Gasteiger partial charge in [0.05, 0.1) is 12.3 Å². The Morgan fingerprint density at radius 2 is 1.96 bits per heavy atom. The van der Waals surface area contributed by atoms with E-state index in [4.69, 9.17) is 14.6 Å². The average molecular weight is 392 g/mol. The lowest BCUT2D eigenvalue weighted by atomic mass is 10.2. The molecule has 0 atom stereocenters. The summed E-state index contributed by atoms with van der Waals surface area (Å²) in [6, 6.07) is 14.7. The van der Waals surface area contributed by atoms with Crippen LogP contribution in [0, 0.1) is 0 Å². The Bertz CT molecular complexity index is 689. The Morgan fingerprint density at radius 1 is 1.17 bits per heavy atom. The lowest BCUT2D eigenvalue weighted by molar-refractivity contribution is 0.155. The van der Waals surface area contributed by atoms with E-state index in [-0.39, 0.29) is 19.8 Å². The van der Waals surface area contributed by atoms with E-state index in [1.54, 1.807) is 30.4 Å². The summed E-state index contributed by atoms with van der Waals surface area (Å²) in [7, 11) is 0. The van der Waals surface area contributed by atoms with Crippen molar-refractivity contribution >= 4 is 27.7 Å². The highest BCUT2D eigenvalue weighted by Gasteiger charge is 2.09. The van der Waals surface area contributed by atoms with Gasteiger partial charge >= 0.3 is 6.09 Å². The van der Waals surface area contributed by atoms with E-state index in [2.05, 4.69) is 21.2 Å². The van der Waals surface area contributed by atoms with Crippen LogP contribution >= 0.6 is 15.9 Å². The molecule has 6 heteroatoms. The van der Waals surface area contributed by atoms with Crippen molar-refractivity contribution in [3.63, 3.8) is 0 Å². The maximum absolute atomic E-state index is 12.0. The largest absolute Gasteiger partial charge is 0.487 e. The number of aliphatic hydroxyl groups excluding tert-OH is 1. The number of carbonyl (C=O) groups excluding carboxylic acids is 1. The Kier molecular flexibility index (Phi) is 7.32. The first-order valence-electron chi connectivity index (χ1n) is 7.35. The van der Waals surface area contributed by atoms with E-state index in [0.29, 0.717) is 11.4 Å². The highest BCUT2D eigenvalue weighted by molar-refractivity contribution is 9.10. The van der Waals surface area contributed by atoms with E-state index in [1.807, 2.05) is 30.3 Å². The van der Waals surface area contributed by atoms with E-state index in [9.17, 15) is 4.79 Å². The average Bonchev–Trinajstić information content (AvgIpc) is 2.60. The number of aliphatic hydroxyl groups is 1. The summed E-state index contributed by atoms with van der Waals surface area (Å²) >= 11 is 3.36. The standard InChI is InChI=1S/C18H18BrNO4/c19-15-8-9-16(17(12-15)23-11-5-4-10-21)20-18(22)24-13-14-6-2-1-3-7-14/h1-9,12,21H,10-11,13H2,(H,20,22)/b5-4-. The summed E-state index contributed by atoms with van der Waals surface area (Å²) in [4.78, 5) is 12.0. The molecule has 2 aromatic carbocycles. The van der Waals surface area contributed by atoms with Gasteiger partial charge in [0.2, 0.25) is 0 Å². The van der Waals surface area contributed by atoms with Crippen LogP contribution in [0.2, 0.25) is 0 Å². The van der Waals surface area contributed by atoms with Crippen molar-refractivity contribution in [2.45, 2.75) is 6.61 Å². The Morgan fingerprint density at radius 3 is 2.71 bits per heavy atom. The fraction of sp³-hybridized carbons (Fsp3) is 0.167. The molecule has 0 unspecified atom stereocenters. The normalized spacial score (nSPS) is 10.6. The van der Waals surface area contributed by atoms with Gasteiger partial charge in [0.1, 0.15) is 19.0 Å². The predicted molar refractivity (Wildman–Crippen MR) is 96.1 cm³/mol. The van der Waals surface area contributed by atoms with Crippen LogP contribution in [0.4, 0.5) is 10.5 Å². The zero-order valence-corrected chi connectivity index (χ0v) is 14.5. The predicted octanol–water partition coefficient (Wildman–Crippen LogP) is 4.13. The molecule has 24 heavy (non-hydrogen) atoms. The van der Waals surface area contributed by atoms with Crippen LogP contribution in [0.1, 0.15) is 5.56 Å². The van der Waals surface area contributed by atoms with Gasteiger partial charge in [-0.2, -0.15) is 0 Å². The van der Waals surface area contributed by atoms with Gasteiger partial charge in [0.25, 0.3) is 0 Å². The van der Waals surface area contributed by atoms with Crippen molar-refractivity contribution in [1.29, 1.82) is 0 Å². The van der Waals surface area contributed by atoms with Crippen molar-refractivity contribution in [2.75, 3.05) is 18.5 Å². The molecule has 1 amide bonds. The highest BCUT2D eigenvalue weighted by Crippen LogP contribution is 2.28. The van der Waals surface area contributed by atoms with Crippen molar-refractivity contribution < 1.29 is 19.4 Å². The minimum atomic E-state index is -0.558. The molecule has 2 rings (SSSR count). The number of nitrogens with one attached hydrogen (secondary N) is 1. The van der Waals surface area contributed by atoms with E-state index in [1.165, 1.54) is 0 Å². The molecule has 0 saturated carbocycles. The summed E-state index contributed by atoms with van der Waals surface area (Å²) in [5, 5.41) is 11.4. The molecule has 2 aromatic rings. The fourth-order valence-electron chi connectivity index (χ4n) is 1.87. The molecule has 2 N–H and O–H groups in total. The van der Waals surface area contributed by atoms with Gasteiger partial charge in [-0.1, -0.05) is 52.3 Å². The van der Waals surface area contributed by atoms with E-state index >= 15 is 0 Å². The molecule has 0 aromatic heterocycles. The number of amides is 1. The van der Waals surface area contributed by atoms with Crippen molar-refractivity contribution in [2.24, 2.45) is 0 Å². The topological polar surface area (TPSA) is 67.8 Å². The van der Waals surface area contributed by atoms with Crippen LogP contribution in [-0.4, -0.2) is 24.4 Å². The van der Waals surface area contributed by atoms with Crippen LogP contribution in [0.25, 0.3) is 0 Å². The number of anilines is 1. The maximum Gasteiger partial charge on any atom is 0.412 e. The van der Waals surface area contributed by atoms with Crippen molar-refractivity contribution in [1.82, 2.24) is 0 Å². The van der Waals surface area contributed by atoms with Crippen LogP contribution in [0.15, 0.2) is 65.2 Å². The molecule has 5 nitrogen and oxygen atoms in total. The fourth-order valence-corrected chi connectivity index (χ4v) is 2.21. The summed E-state index contributed by atoms with van der Waals surface area (Å²) in [5.74, 6) is 0.503. The summed E-state index contributed by atoms with van der Waals surface area (Å²) in [5.41, 5.74) is 1.42. The SMILES string of the molecule is O=C(Nc1ccc(Br)cc1OC/C=C\CO)OCc1ccccc1. The minimum Gasteiger partial charge on any atom is -0.487 e. The lowest BCUT2D eigenvalue weighted by Gasteiger charge is -2.12. The quantitative estimate of drug-likeness (QED) is 0.696. The van der Waals surface area contributed by atoms with Crippen molar-refractivity contribution in [3.05, 3.63) is 70.7 Å². The molecule has 0 aliphatic heterocycles. The van der Waals surface area contributed by atoms with Gasteiger partial charge < -0.3 is 14.6 Å². The molecule has 0 aliphatic rings. The zero-order chi connectivity index (χ0) is 17.2. The second kappa shape index (κ2) is 9.75. The van der Waals surface area contributed by atoms with Gasteiger partial charge in [0, 0.05) is 4.47 Å². The van der Waals surface area contributed by atoms with Gasteiger partial charge in [-0.15, -0.1) is 0 Å². The molecule has 0 radical (unpaired) electrons. The molecule has 0 fully saturated rings. The van der Waals surface area contributed by atoms with E-state index in [0.717, 1.165) is 10.0 Å². The molecule has 0 bridgehead atoms. The number of ether oxygens (including phenoxy) is 2. The number of halogens is 1. The molecule has 126 valence electrons. The monoisotopic (exact) mass is 391 g/mol. The number of carbonyl (C=O) groups is 1. The lowest BCUT2D eigenvalue weighted by Crippen LogP contribution is -2.14. The van der Waals surface area contributed by atoms with Crippen molar-refractivity contribution in [3.8, 4) is 5.75 Å². The Labute approximate surface area is 149 Å². The van der Waals surface area contributed by atoms with E-state index < -0.39 is 6.09 Å². The van der Waals surface area contributed by atoms with Gasteiger partial charge in [-0.3, -0.25) is 5.32 Å². The first-order chi connectivity index (χ1) is 11.7. The molecule has 0 heterocycles. The van der Waals surface area contributed by atoms with Gasteiger partial charge in [0.15, 0.2) is 0 Å². The molecule has 0 spiro atoms. The summed E-state index contributed by atoms with van der Waals surface area (Å²) in [6.45, 7) is 0.433.